The SMILES string of the molecule is COC[C@@H]1C[C@@H](NC(=O)c2ncc(-c3cccc(C#N)c3)o2)CN1.O=C(O)C(F)(F)F. The van der Waals surface area contributed by atoms with Crippen LogP contribution >= 0.6 is 0 Å². The minimum Gasteiger partial charge on any atom is -0.475 e. The third-order valence-corrected chi connectivity index (χ3v) is 4.14. The molecule has 1 aliphatic rings. The van der Waals surface area contributed by atoms with Gasteiger partial charge in [0, 0.05) is 31.3 Å². The number of aromatic nitrogens is 1. The second-order valence-electron chi connectivity index (χ2n) is 6.49. The van der Waals surface area contributed by atoms with E-state index in [1.807, 2.05) is 0 Å². The molecule has 2 aromatic rings. The van der Waals surface area contributed by atoms with Gasteiger partial charge >= 0.3 is 18.1 Å². The fourth-order valence-electron chi connectivity index (χ4n) is 2.76. The number of benzene rings is 1. The van der Waals surface area contributed by atoms with Gasteiger partial charge in [0.2, 0.25) is 0 Å². The summed E-state index contributed by atoms with van der Waals surface area (Å²) in [5, 5.41) is 22.3. The van der Waals surface area contributed by atoms with Crippen LogP contribution in [0.5, 0.6) is 0 Å². The van der Waals surface area contributed by atoms with Crippen molar-refractivity contribution >= 4 is 11.9 Å². The summed E-state index contributed by atoms with van der Waals surface area (Å²) in [6.07, 6.45) is -2.79. The van der Waals surface area contributed by atoms with Gasteiger partial charge in [-0.25, -0.2) is 9.78 Å². The van der Waals surface area contributed by atoms with Crippen LogP contribution in [0.25, 0.3) is 11.3 Å². The van der Waals surface area contributed by atoms with Crippen molar-refractivity contribution in [3.8, 4) is 17.4 Å². The summed E-state index contributed by atoms with van der Waals surface area (Å²) in [7, 11) is 1.66. The Morgan fingerprint density at radius 1 is 1.45 bits per heavy atom. The van der Waals surface area contributed by atoms with Crippen LogP contribution in [0, 0.1) is 11.3 Å². The van der Waals surface area contributed by atoms with Crippen LogP contribution in [0.3, 0.4) is 0 Å². The molecule has 0 unspecified atom stereocenters. The van der Waals surface area contributed by atoms with Crippen molar-refractivity contribution in [2.24, 2.45) is 0 Å². The van der Waals surface area contributed by atoms with E-state index in [9.17, 15) is 18.0 Å². The number of nitrogens with zero attached hydrogens (tertiary/aromatic N) is 2. The molecule has 1 aromatic carbocycles. The number of amides is 1. The minimum atomic E-state index is -5.08. The van der Waals surface area contributed by atoms with Crippen molar-refractivity contribution in [2.45, 2.75) is 24.7 Å². The van der Waals surface area contributed by atoms with Crippen molar-refractivity contribution in [1.29, 1.82) is 5.26 Å². The molecule has 9 nitrogen and oxygen atoms in total. The largest absolute Gasteiger partial charge is 0.490 e. The van der Waals surface area contributed by atoms with E-state index in [4.69, 9.17) is 24.3 Å². The van der Waals surface area contributed by atoms with Crippen molar-refractivity contribution in [1.82, 2.24) is 15.6 Å². The highest BCUT2D eigenvalue weighted by atomic mass is 19.4. The highest BCUT2D eigenvalue weighted by Crippen LogP contribution is 2.21. The maximum absolute atomic E-state index is 12.3. The number of hydrogen-bond acceptors (Lipinski definition) is 7. The molecular weight excluding hydrogens is 421 g/mol. The first kappa shape index (κ1) is 23.8. The summed E-state index contributed by atoms with van der Waals surface area (Å²) in [6, 6.07) is 9.30. The van der Waals surface area contributed by atoms with E-state index in [-0.39, 0.29) is 23.9 Å². The molecule has 1 saturated heterocycles. The normalized spacial score (nSPS) is 17.9. The summed E-state index contributed by atoms with van der Waals surface area (Å²) < 4.78 is 42.4. The van der Waals surface area contributed by atoms with E-state index in [0.29, 0.717) is 30.0 Å². The van der Waals surface area contributed by atoms with Crippen LogP contribution < -0.4 is 10.6 Å². The maximum atomic E-state index is 12.3. The highest BCUT2D eigenvalue weighted by molar-refractivity contribution is 5.90. The number of alkyl halides is 3. The lowest BCUT2D eigenvalue weighted by atomic mass is 10.1. The van der Waals surface area contributed by atoms with Crippen LogP contribution in [0.2, 0.25) is 0 Å². The van der Waals surface area contributed by atoms with Gasteiger partial charge in [-0.2, -0.15) is 18.4 Å². The number of carbonyl (C=O) groups excluding carboxylic acids is 1. The third kappa shape index (κ3) is 7.09. The summed E-state index contributed by atoms with van der Waals surface area (Å²) in [4.78, 5) is 25.2. The Kier molecular flexibility index (Phi) is 8.12. The molecule has 2 heterocycles. The molecule has 2 atom stereocenters. The second-order valence-corrected chi connectivity index (χ2v) is 6.49. The monoisotopic (exact) mass is 440 g/mol. The Balaban J connectivity index is 0.000000423. The molecule has 166 valence electrons. The molecule has 3 rings (SSSR count). The molecule has 3 N–H and O–H groups in total. The van der Waals surface area contributed by atoms with Gasteiger partial charge in [-0.1, -0.05) is 12.1 Å². The number of carboxylic acids is 1. The van der Waals surface area contributed by atoms with E-state index in [1.54, 1.807) is 31.4 Å². The number of methoxy groups -OCH3 is 1. The molecule has 1 fully saturated rings. The number of carboxylic acid groups (broad SMARTS) is 1. The summed E-state index contributed by atoms with van der Waals surface area (Å²) >= 11 is 0. The second kappa shape index (κ2) is 10.6. The predicted octanol–water partition coefficient (Wildman–Crippen LogP) is 1.95. The Labute approximate surface area is 174 Å². The zero-order valence-electron chi connectivity index (χ0n) is 16.3. The van der Waals surface area contributed by atoms with E-state index >= 15 is 0 Å². The van der Waals surface area contributed by atoms with Crippen LogP contribution in [0.15, 0.2) is 34.9 Å². The number of aliphatic carboxylic acids is 1. The molecule has 12 heteroatoms. The van der Waals surface area contributed by atoms with E-state index < -0.39 is 12.1 Å². The fraction of sp³-hybridized carbons (Fsp3) is 0.368. The van der Waals surface area contributed by atoms with Gasteiger partial charge in [0.05, 0.1) is 24.4 Å². The first-order valence-corrected chi connectivity index (χ1v) is 8.93. The number of rotatable bonds is 5. The maximum Gasteiger partial charge on any atom is 0.490 e. The first-order valence-electron chi connectivity index (χ1n) is 8.93. The van der Waals surface area contributed by atoms with Gasteiger partial charge in [-0.15, -0.1) is 0 Å². The van der Waals surface area contributed by atoms with Crippen molar-refractivity contribution < 1.29 is 37.0 Å². The van der Waals surface area contributed by atoms with Crippen LogP contribution in [0.1, 0.15) is 22.7 Å². The number of nitriles is 1. The lowest BCUT2D eigenvalue weighted by Gasteiger charge is -2.10. The number of oxazole rings is 1. The molecule has 0 bridgehead atoms. The molecule has 0 spiro atoms. The van der Waals surface area contributed by atoms with E-state index in [1.165, 1.54) is 6.20 Å². The molecule has 1 aromatic heterocycles. The minimum absolute atomic E-state index is 0.0163. The van der Waals surface area contributed by atoms with Crippen molar-refractivity contribution in [3.63, 3.8) is 0 Å². The van der Waals surface area contributed by atoms with Gasteiger partial charge < -0.3 is 24.9 Å². The summed E-state index contributed by atoms with van der Waals surface area (Å²) in [6.45, 7) is 1.31. The smallest absolute Gasteiger partial charge is 0.475 e. The van der Waals surface area contributed by atoms with Crippen LogP contribution in [-0.4, -0.2) is 60.5 Å². The highest BCUT2D eigenvalue weighted by Gasteiger charge is 2.38. The topological polar surface area (TPSA) is 137 Å². The zero-order valence-corrected chi connectivity index (χ0v) is 16.3. The third-order valence-electron chi connectivity index (χ3n) is 4.14. The molecule has 0 radical (unpaired) electrons. The van der Waals surface area contributed by atoms with Crippen LogP contribution in [0.4, 0.5) is 13.2 Å². The van der Waals surface area contributed by atoms with Gasteiger partial charge in [-0.3, -0.25) is 4.79 Å². The molecule has 0 saturated carbocycles. The fourth-order valence-corrected chi connectivity index (χ4v) is 2.76. The first-order chi connectivity index (χ1) is 14.6. The van der Waals surface area contributed by atoms with Gasteiger partial charge in [-0.05, 0) is 18.6 Å². The average Bonchev–Trinajstić information content (AvgIpc) is 3.38. The van der Waals surface area contributed by atoms with E-state index in [2.05, 4.69) is 21.7 Å². The summed E-state index contributed by atoms with van der Waals surface area (Å²) in [5.41, 5.74) is 1.24. The standard InChI is InChI=1S/C17H18N4O3.C2HF3O2/c1-23-10-14-6-13(8-19-14)21-16(22)17-20-9-15(24-17)12-4-2-3-11(5-12)7-18;3-2(4,5)1(6)7/h2-5,9,13-14,19H,6,8,10H2,1H3,(H,21,22);(H,6,7)/t13-,14+;/m1./s1. The molecule has 1 amide bonds. The Morgan fingerprint density at radius 3 is 2.77 bits per heavy atom. The predicted molar refractivity (Wildman–Crippen MR) is 99.9 cm³/mol. The summed E-state index contributed by atoms with van der Waals surface area (Å²) in [5.74, 6) is -2.63. The number of ether oxygens (including phenoxy) is 1. The van der Waals surface area contributed by atoms with Gasteiger partial charge in [0.1, 0.15) is 0 Å². The Bertz CT molecular complexity index is 955. The number of nitrogens with one attached hydrogen (secondary N) is 2. The average molecular weight is 440 g/mol. The van der Waals surface area contributed by atoms with Crippen molar-refractivity contribution in [3.05, 3.63) is 41.9 Å². The number of carbonyl (C=O) groups is 2. The Morgan fingerprint density at radius 2 is 2.16 bits per heavy atom. The molecule has 0 aliphatic carbocycles. The Hall–Kier alpha value is -3.43. The molecule has 1 aliphatic heterocycles. The van der Waals surface area contributed by atoms with Crippen LogP contribution in [-0.2, 0) is 9.53 Å². The quantitative estimate of drug-likeness (QED) is 0.642. The van der Waals surface area contributed by atoms with Gasteiger partial charge in [0.15, 0.2) is 5.76 Å². The zero-order chi connectivity index (χ0) is 23.0. The number of hydrogen-bond donors (Lipinski definition) is 3. The molecule has 31 heavy (non-hydrogen) atoms. The lowest BCUT2D eigenvalue weighted by Crippen LogP contribution is -2.36. The van der Waals surface area contributed by atoms with Crippen molar-refractivity contribution in [2.75, 3.05) is 20.3 Å². The van der Waals surface area contributed by atoms with E-state index in [0.717, 1.165) is 6.42 Å². The number of halogens is 3. The molecular formula is C19H19F3N4O5. The van der Waals surface area contributed by atoms with Gasteiger partial charge in [0.25, 0.3) is 5.89 Å². The lowest BCUT2D eigenvalue weighted by molar-refractivity contribution is -0.192.